The average molecular weight is 443 g/mol. The summed E-state index contributed by atoms with van der Waals surface area (Å²) in [6, 6.07) is 13.0. The lowest BCUT2D eigenvalue weighted by atomic mass is 10.2. The maximum atomic E-state index is 12.9. The quantitative estimate of drug-likeness (QED) is 0.619. The fourth-order valence-corrected chi connectivity index (χ4v) is 3.28. The molecule has 144 valence electrons. The summed E-state index contributed by atoms with van der Waals surface area (Å²) in [6.07, 6.45) is 2.05. The second-order valence-electron chi connectivity index (χ2n) is 6.54. The maximum absolute atomic E-state index is 12.9. The van der Waals surface area contributed by atoms with Crippen molar-refractivity contribution >= 4 is 27.5 Å². The Balaban J connectivity index is 1.66. The minimum absolute atomic E-state index is 0.291. The van der Waals surface area contributed by atoms with E-state index in [0.29, 0.717) is 28.8 Å². The van der Waals surface area contributed by atoms with Crippen LogP contribution in [0.1, 0.15) is 34.9 Å². The third-order valence-corrected chi connectivity index (χ3v) is 5.09. The van der Waals surface area contributed by atoms with E-state index >= 15 is 0 Å². The Kier molecular flexibility index (Phi) is 5.04. The van der Waals surface area contributed by atoms with E-state index in [2.05, 4.69) is 31.6 Å². The van der Waals surface area contributed by atoms with E-state index in [-0.39, 0.29) is 5.91 Å². The molecule has 7 nitrogen and oxygen atoms in total. The first-order chi connectivity index (χ1) is 13.6. The number of hydrogen-bond donors (Lipinski definition) is 1. The van der Waals surface area contributed by atoms with Crippen molar-refractivity contribution in [2.24, 2.45) is 0 Å². The van der Waals surface area contributed by atoms with E-state index in [1.165, 1.54) is 0 Å². The molecule has 1 N–H and O–H groups in total. The van der Waals surface area contributed by atoms with Gasteiger partial charge >= 0.3 is 0 Å². The van der Waals surface area contributed by atoms with Crippen LogP contribution in [-0.4, -0.2) is 35.1 Å². The molecule has 28 heavy (non-hydrogen) atoms. The van der Waals surface area contributed by atoms with Gasteiger partial charge in [0.15, 0.2) is 5.69 Å². The second-order valence-corrected chi connectivity index (χ2v) is 7.46. The molecule has 0 atom stereocenters. The molecule has 1 saturated carbocycles. The number of benzene rings is 2. The summed E-state index contributed by atoms with van der Waals surface area (Å²) in [5.74, 6) is 1.17. The number of ether oxygens (including phenoxy) is 2. The fraction of sp³-hybridized carbons (Fsp3) is 0.250. The van der Waals surface area contributed by atoms with Gasteiger partial charge in [-0.2, -0.15) is 0 Å². The molecule has 0 saturated heterocycles. The summed E-state index contributed by atoms with van der Waals surface area (Å²) in [7, 11) is 3.13. The van der Waals surface area contributed by atoms with E-state index in [0.717, 1.165) is 28.7 Å². The monoisotopic (exact) mass is 442 g/mol. The zero-order chi connectivity index (χ0) is 19.7. The summed E-state index contributed by atoms with van der Waals surface area (Å²) < 4.78 is 13.3. The molecule has 0 aliphatic heterocycles. The SMILES string of the molecule is COc1cc(NC(=O)c2nnn(-c3ccc(Br)cc3)c2C2CC2)cc(OC)c1. The predicted molar refractivity (Wildman–Crippen MR) is 109 cm³/mol. The average Bonchev–Trinajstić information content (AvgIpc) is 3.46. The number of hydrogen-bond acceptors (Lipinski definition) is 5. The van der Waals surface area contributed by atoms with Crippen LogP contribution >= 0.6 is 15.9 Å². The van der Waals surface area contributed by atoms with Crippen molar-refractivity contribution in [3.8, 4) is 17.2 Å². The molecule has 1 aliphatic rings. The zero-order valence-electron chi connectivity index (χ0n) is 15.5. The van der Waals surface area contributed by atoms with Gasteiger partial charge in [0.25, 0.3) is 5.91 Å². The van der Waals surface area contributed by atoms with Crippen molar-refractivity contribution in [2.75, 3.05) is 19.5 Å². The molecular formula is C20H19BrN4O3. The number of nitrogens with zero attached hydrogens (tertiary/aromatic N) is 3. The lowest BCUT2D eigenvalue weighted by Crippen LogP contribution is -2.15. The maximum Gasteiger partial charge on any atom is 0.278 e. The lowest BCUT2D eigenvalue weighted by molar-refractivity contribution is 0.102. The summed E-state index contributed by atoms with van der Waals surface area (Å²) in [6.45, 7) is 0. The molecule has 2 aromatic carbocycles. The van der Waals surface area contributed by atoms with Gasteiger partial charge in [0.1, 0.15) is 11.5 Å². The molecular weight excluding hydrogens is 424 g/mol. The van der Waals surface area contributed by atoms with Gasteiger partial charge in [-0.1, -0.05) is 21.1 Å². The highest BCUT2D eigenvalue weighted by atomic mass is 79.9. The molecule has 0 unspecified atom stereocenters. The van der Waals surface area contributed by atoms with E-state index in [4.69, 9.17) is 9.47 Å². The zero-order valence-corrected chi connectivity index (χ0v) is 17.1. The van der Waals surface area contributed by atoms with E-state index in [1.54, 1.807) is 37.1 Å². The number of amides is 1. The first kappa shape index (κ1) is 18.5. The van der Waals surface area contributed by atoms with Gasteiger partial charge in [-0.15, -0.1) is 5.10 Å². The summed E-state index contributed by atoms with van der Waals surface area (Å²) in [5, 5.41) is 11.3. The Morgan fingerprint density at radius 1 is 1.11 bits per heavy atom. The second kappa shape index (κ2) is 7.63. The topological polar surface area (TPSA) is 78.3 Å². The molecule has 1 amide bonds. The van der Waals surface area contributed by atoms with E-state index in [1.807, 2.05) is 24.3 Å². The van der Waals surface area contributed by atoms with Gasteiger partial charge in [-0.05, 0) is 37.1 Å². The number of anilines is 1. The van der Waals surface area contributed by atoms with Crippen LogP contribution in [-0.2, 0) is 0 Å². The van der Waals surface area contributed by atoms with Gasteiger partial charge in [0.05, 0.1) is 25.6 Å². The van der Waals surface area contributed by atoms with Crippen molar-refractivity contribution in [1.82, 2.24) is 15.0 Å². The Bertz CT molecular complexity index is 991. The van der Waals surface area contributed by atoms with Gasteiger partial charge in [-0.25, -0.2) is 4.68 Å². The van der Waals surface area contributed by atoms with Crippen LogP contribution < -0.4 is 14.8 Å². The Morgan fingerprint density at radius 2 is 1.75 bits per heavy atom. The summed E-state index contributed by atoms with van der Waals surface area (Å²) >= 11 is 3.44. The number of halogens is 1. The molecule has 8 heteroatoms. The number of rotatable bonds is 6. The van der Waals surface area contributed by atoms with Crippen LogP contribution in [0.2, 0.25) is 0 Å². The third kappa shape index (κ3) is 3.73. The molecule has 1 heterocycles. The molecule has 0 spiro atoms. The number of carbonyl (C=O) groups excluding carboxylic acids is 1. The minimum atomic E-state index is -0.305. The fourth-order valence-electron chi connectivity index (χ4n) is 3.02. The highest BCUT2D eigenvalue weighted by Gasteiger charge is 2.34. The molecule has 0 radical (unpaired) electrons. The Morgan fingerprint density at radius 3 is 2.32 bits per heavy atom. The van der Waals surface area contributed by atoms with Gasteiger partial charge in [0.2, 0.25) is 0 Å². The molecule has 1 fully saturated rings. The third-order valence-electron chi connectivity index (χ3n) is 4.56. The Hall–Kier alpha value is -2.87. The first-order valence-corrected chi connectivity index (χ1v) is 9.64. The number of aromatic nitrogens is 3. The van der Waals surface area contributed by atoms with Crippen LogP contribution in [0.25, 0.3) is 5.69 Å². The molecule has 3 aromatic rings. The van der Waals surface area contributed by atoms with Gasteiger partial charge in [-0.3, -0.25) is 4.79 Å². The molecule has 1 aliphatic carbocycles. The van der Waals surface area contributed by atoms with Crippen molar-refractivity contribution < 1.29 is 14.3 Å². The summed E-state index contributed by atoms with van der Waals surface area (Å²) in [4.78, 5) is 12.9. The van der Waals surface area contributed by atoms with Crippen LogP contribution in [0.4, 0.5) is 5.69 Å². The van der Waals surface area contributed by atoms with E-state index in [9.17, 15) is 4.79 Å². The van der Waals surface area contributed by atoms with Crippen molar-refractivity contribution in [3.05, 3.63) is 58.3 Å². The smallest absolute Gasteiger partial charge is 0.278 e. The Labute approximate surface area is 170 Å². The van der Waals surface area contributed by atoms with Crippen LogP contribution in [0.5, 0.6) is 11.5 Å². The van der Waals surface area contributed by atoms with Crippen LogP contribution in [0.15, 0.2) is 46.9 Å². The highest BCUT2D eigenvalue weighted by molar-refractivity contribution is 9.10. The van der Waals surface area contributed by atoms with Crippen molar-refractivity contribution in [3.63, 3.8) is 0 Å². The van der Waals surface area contributed by atoms with E-state index < -0.39 is 0 Å². The predicted octanol–water partition coefficient (Wildman–Crippen LogP) is 4.18. The van der Waals surface area contributed by atoms with Crippen molar-refractivity contribution in [2.45, 2.75) is 18.8 Å². The van der Waals surface area contributed by atoms with Crippen LogP contribution in [0.3, 0.4) is 0 Å². The molecule has 0 bridgehead atoms. The largest absolute Gasteiger partial charge is 0.497 e. The minimum Gasteiger partial charge on any atom is -0.497 e. The highest BCUT2D eigenvalue weighted by Crippen LogP contribution is 2.42. The van der Waals surface area contributed by atoms with Gasteiger partial charge < -0.3 is 14.8 Å². The standard InChI is InChI=1S/C20H19BrN4O3/c1-27-16-9-14(10-17(11-16)28-2)22-20(26)18-19(12-3-4-12)25(24-23-18)15-7-5-13(21)6-8-15/h5-12H,3-4H2,1-2H3,(H,22,26). The first-order valence-electron chi connectivity index (χ1n) is 8.85. The number of nitrogens with one attached hydrogen (secondary N) is 1. The van der Waals surface area contributed by atoms with Gasteiger partial charge in [0, 0.05) is 34.3 Å². The normalized spacial score (nSPS) is 13.2. The summed E-state index contributed by atoms with van der Waals surface area (Å²) in [5.41, 5.74) is 2.63. The molecule has 4 rings (SSSR count). The number of carbonyl (C=O) groups is 1. The van der Waals surface area contributed by atoms with Crippen molar-refractivity contribution in [1.29, 1.82) is 0 Å². The molecule has 1 aromatic heterocycles. The van der Waals surface area contributed by atoms with Crippen LogP contribution in [0, 0.1) is 0 Å². The number of methoxy groups -OCH3 is 2. The lowest BCUT2D eigenvalue weighted by Gasteiger charge is -2.10.